The average Bonchev–Trinajstić information content (AvgIpc) is 2.83. The quantitative estimate of drug-likeness (QED) is 0.830. The van der Waals surface area contributed by atoms with Crippen molar-refractivity contribution in [3.63, 3.8) is 0 Å². The molecule has 0 saturated heterocycles. The van der Waals surface area contributed by atoms with Crippen LogP contribution in [0.4, 0.5) is 0 Å². The number of methoxy groups -OCH3 is 1. The average molecular weight is 255 g/mol. The molecule has 0 unspecified atom stereocenters. The van der Waals surface area contributed by atoms with Crippen LogP contribution in [0.1, 0.15) is 29.4 Å². The van der Waals surface area contributed by atoms with Crippen LogP contribution in [-0.4, -0.2) is 23.2 Å². The van der Waals surface area contributed by atoms with Gasteiger partial charge in [-0.05, 0) is 25.5 Å². The van der Waals surface area contributed by atoms with Gasteiger partial charge in [0.2, 0.25) is 5.88 Å². The van der Waals surface area contributed by atoms with Crippen LogP contribution in [-0.2, 0) is 0 Å². The Bertz CT molecular complexity index is 624. The lowest BCUT2D eigenvalue weighted by Gasteiger charge is -2.05. The Morgan fingerprint density at radius 2 is 2.32 bits per heavy atom. The fourth-order valence-electron chi connectivity index (χ4n) is 1.68. The lowest BCUT2D eigenvalue weighted by molar-refractivity contribution is 0.0961. The molecule has 0 aromatic carbocycles. The number of carbonyl (C=O) groups is 1. The zero-order valence-electron chi connectivity index (χ0n) is 10.7. The molecule has 1 aromatic rings. The SMILES string of the molecule is C#Cc1cc(C(=O)NC2=CCC(C)=C2)nnc1OC. The second-order valence-electron chi connectivity index (χ2n) is 4.11. The van der Waals surface area contributed by atoms with E-state index < -0.39 is 0 Å². The monoisotopic (exact) mass is 255 g/mol. The Balaban J connectivity index is 2.18. The van der Waals surface area contributed by atoms with Gasteiger partial charge in [-0.25, -0.2) is 0 Å². The van der Waals surface area contributed by atoms with Gasteiger partial charge >= 0.3 is 0 Å². The molecule has 5 heteroatoms. The van der Waals surface area contributed by atoms with Gasteiger partial charge in [-0.1, -0.05) is 17.6 Å². The first-order valence-corrected chi connectivity index (χ1v) is 5.71. The Morgan fingerprint density at radius 3 is 2.89 bits per heavy atom. The highest BCUT2D eigenvalue weighted by atomic mass is 16.5. The van der Waals surface area contributed by atoms with Crippen LogP contribution >= 0.6 is 0 Å². The standard InChI is InChI=1S/C14H13N3O2/c1-4-10-8-12(16-17-14(10)19-3)13(18)15-11-6-5-9(2)7-11/h1,6-8H,5H2,2-3H3,(H,15,18). The molecule has 0 radical (unpaired) electrons. The number of rotatable bonds is 3. The van der Waals surface area contributed by atoms with E-state index in [0.29, 0.717) is 5.56 Å². The highest BCUT2D eigenvalue weighted by Crippen LogP contribution is 2.16. The first-order chi connectivity index (χ1) is 9.13. The Morgan fingerprint density at radius 1 is 1.53 bits per heavy atom. The summed E-state index contributed by atoms with van der Waals surface area (Å²) in [6.45, 7) is 2.00. The van der Waals surface area contributed by atoms with E-state index in [0.717, 1.165) is 12.1 Å². The molecular formula is C14H13N3O2. The molecule has 1 heterocycles. The Kier molecular flexibility index (Phi) is 3.62. The number of allylic oxidation sites excluding steroid dienone is 3. The largest absolute Gasteiger partial charge is 0.479 e. The summed E-state index contributed by atoms with van der Waals surface area (Å²) in [5.74, 6) is 2.30. The van der Waals surface area contributed by atoms with Crippen LogP contribution < -0.4 is 10.1 Å². The topological polar surface area (TPSA) is 64.1 Å². The van der Waals surface area contributed by atoms with Gasteiger partial charge in [-0.2, -0.15) is 0 Å². The zero-order chi connectivity index (χ0) is 13.8. The number of nitrogens with zero attached hydrogens (tertiary/aromatic N) is 2. The van der Waals surface area contributed by atoms with Crippen LogP contribution in [0.2, 0.25) is 0 Å². The predicted octanol–water partition coefficient (Wildman–Crippen LogP) is 1.43. The van der Waals surface area contributed by atoms with E-state index in [9.17, 15) is 4.79 Å². The molecule has 0 spiro atoms. The minimum Gasteiger partial charge on any atom is -0.479 e. The molecule has 1 amide bonds. The number of terminal acetylenes is 1. The number of hydrogen-bond donors (Lipinski definition) is 1. The second-order valence-corrected chi connectivity index (χ2v) is 4.11. The number of amides is 1. The normalized spacial score (nSPS) is 13.3. The molecule has 1 N–H and O–H groups in total. The van der Waals surface area contributed by atoms with Crippen molar-refractivity contribution < 1.29 is 9.53 Å². The van der Waals surface area contributed by atoms with E-state index >= 15 is 0 Å². The zero-order valence-corrected chi connectivity index (χ0v) is 10.7. The second kappa shape index (κ2) is 5.36. The van der Waals surface area contributed by atoms with Crippen molar-refractivity contribution in [1.82, 2.24) is 15.5 Å². The minimum absolute atomic E-state index is 0.160. The summed E-state index contributed by atoms with van der Waals surface area (Å²) in [4.78, 5) is 12.0. The van der Waals surface area contributed by atoms with Gasteiger partial charge in [0, 0.05) is 5.70 Å². The predicted molar refractivity (Wildman–Crippen MR) is 70.4 cm³/mol. The molecule has 96 valence electrons. The fraction of sp³-hybridized carbons (Fsp3) is 0.214. The highest BCUT2D eigenvalue weighted by molar-refractivity contribution is 5.94. The van der Waals surface area contributed by atoms with Crippen LogP contribution in [0.3, 0.4) is 0 Å². The summed E-state index contributed by atoms with van der Waals surface area (Å²) in [6.07, 6.45) is 10.0. The molecular weight excluding hydrogens is 242 g/mol. The number of ether oxygens (including phenoxy) is 1. The van der Waals surface area contributed by atoms with Gasteiger partial charge in [0.25, 0.3) is 5.91 Å². The smallest absolute Gasteiger partial charge is 0.276 e. The molecule has 0 aliphatic heterocycles. The molecule has 1 aromatic heterocycles. The van der Waals surface area contributed by atoms with Crippen molar-refractivity contribution in [3.8, 4) is 18.2 Å². The van der Waals surface area contributed by atoms with Gasteiger partial charge in [0.1, 0.15) is 0 Å². The summed E-state index contributed by atoms with van der Waals surface area (Å²) in [5.41, 5.74) is 2.52. The van der Waals surface area contributed by atoms with Gasteiger partial charge in [0.05, 0.1) is 12.7 Å². The molecule has 0 saturated carbocycles. The number of hydrogen-bond acceptors (Lipinski definition) is 4. The third-order valence-corrected chi connectivity index (χ3v) is 2.65. The van der Waals surface area contributed by atoms with Crippen molar-refractivity contribution >= 4 is 5.91 Å². The maximum atomic E-state index is 12.0. The van der Waals surface area contributed by atoms with E-state index in [1.54, 1.807) is 0 Å². The van der Waals surface area contributed by atoms with Crippen molar-refractivity contribution in [3.05, 3.63) is 40.7 Å². The summed E-state index contributed by atoms with van der Waals surface area (Å²) >= 11 is 0. The summed E-state index contributed by atoms with van der Waals surface area (Å²) in [7, 11) is 1.45. The molecule has 1 aliphatic carbocycles. The van der Waals surface area contributed by atoms with Gasteiger partial charge in [-0.3, -0.25) is 4.79 Å². The summed E-state index contributed by atoms with van der Waals surface area (Å²) in [5, 5.41) is 10.3. The van der Waals surface area contributed by atoms with Crippen LogP contribution in [0.25, 0.3) is 0 Å². The third kappa shape index (κ3) is 2.80. The molecule has 5 nitrogen and oxygen atoms in total. The first-order valence-electron chi connectivity index (χ1n) is 5.71. The minimum atomic E-state index is -0.344. The third-order valence-electron chi connectivity index (χ3n) is 2.65. The van der Waals surface area contributed by atoms with Gasteiger partial charge < -0.3 is 10.1 Å². The van der Waals surface area contributed by atoms with E-state index in [-0.39, 0.29) is 17.5 Å². The van der Waals surface area contributed by atoms with Gasteiger partial charge in [-0.15, -0.1) is 16.6 Å². The van der Waals surface area contributed by atoms with Crippen molar-refractivity contribution in [2.24, 2.45) is 0 Å². The summed E-state index contributed by atoms with van der Waals surface area (Å²) in [6, 6.07) is 1.48. The van der Waals surface area contributed by atoms with E-state index in [4.69, 9.17) is 11.2 Å². The molecule has 19 heavy (non-hydrogen) atoms. The Hall–Kier alpha value is -2.61. The lowest BCUT2D eigenvalue weighted by Crippen LogP contribution is -2.23. The Labute approximate surface area is 111 Å². The number of carbonyl (C=O) groups excluding carboxylic acids is 1. The maximum Gasteiger partial charge on any atom is 0.276 e. The van der Waals surface area contributed by atoms with E-state index in [1.165, 1.54) is 18.7 Å². The lowest BCUT2D eigenvalue weighted by atomic mass is 10.2. The number of nitrogens with one attached hydrogen (secondary N) is 1. The van der Waals surface area contributed by atoms with Crippen LogP contribution in [0.15, 0.2) is 29.5 Å². The van der Waals surface area contributed by atoms with Gasteiger partial charge in [0.15, 0.2) is 5.69 Å². The molecule has 0 bridgehead atoms. The summed E-state index contributed by atoms with van der Waals surface area (Å²) < 4.78 is 4.95. The van der Waals surface area contributed by atoms with E-state index in [2.05, 4.69) is 21.4 Å². The molecule has 2 rings (SSSR count). The fourth-order valence-corrected chi connectivity index (χ4v) is 1.68. The van der Waals surface area contributed by atoms with E-state index in [1.807, 2.05) is 19.1 Å². The maximum absolute atomic E-state index is 12.0. The van der Waals surface area contributed by atoms with Crippen LogP contribution in [0.5, 0.6) is 5.88 Å². The molecule has 0 fully saturated rings. The van der Waals surface area contributed by atoms with Crippen LogP contribution in [0, 0.1) is 12.3 Å². The highest BCUT2D eigenvalue weighted by Gasteiger charge is 2.14. The number of aromatic nitrogens is 2. The van der Waals surface area contributed by atoms with Crippen molar-refractivity contribution in [2.75, 3.05) is 7.11 Å². The molecule has 0 atom stereocenters. The van der Waals surface area contributed by atoms with Crippen molar-refractivity contribution in [2.45, 2.75) is 13.3 Å². The first kappa shape index (κ1) is 12.8. The molecule has 1 aliphatic rings. The van der Waals surface area contributed by atoms with Crippen molar-refractivity contribution in [1.29, 1.82) is 0 Å².